The van der Waals surface area contributed by atoms with Crippen LogP contribution in [0.5, 0.6) is 0 Å². The van der Waals surface area contributed by atoms with Crippen LogP contribution in [0.1, 0.15) is 36.8 Å². The number of rotatable bonds is 4. The van der Waals surface area contributed by atoms with E-state index in [1.54, 1.807) is 24.0 Å². The Balaban J connectivity index is 1.48. The maximum atomic E-state index is 14.2. The van der Waals surface area contributed by atoms with Crippen molar-refractivity contribution < 1.29 is 14.0 Å². The van der Waals surface area contributed by atoms with Crippen molar-refractivity contribution in [1.82, 2.24) is 15.2 Å². The van der Waals surface area contributed by atoms with Crippen molar-refractivity contribution in [2.75, 3.05) is 31.1 Å². The topological polar surface area (TPSA) is 77.9 Å². The number of halogens is 1. The quantitative estimate of drug-likeness (QED) is 0.628. The highest BCUT2D eigenvalue weighted by Crippen LogP contribution is 2.29. The highest BCUT2D eigenvalue weighted by molar-refractivity contribution is 6.19. The summed E-state index contributed by atoms with van der Waals surface area (Å²) in [5.74, 6) is -0.344. The molecule has 0 radical (unpaired) electrons. The van der Waals surface area contributed by atoms with Crippen molar-refractivity contribution >= 4 is 34.2 Å². The number of nitrogens with one attached hydrogen (secondary N) is 1. The first-order chi connectivity index (χ1) is 16.8. The van der Waals surface area contributed by atoms with Gasteiger partial charge in [-0.3, -0.25) is 9.59 Å². The Morgan fingerprint density at radius 3 is 2.43 bits per heavy atom. The van der Waals surface area contributed by atoms with E-state index in [-0.39, 0.29) is 23.5 Å². The number of nitrogens with zero attached hydrogens (tertiary/aromatic N) is 4. The molecule has 7 nitrogen and oxygen atoms in total. The molecule has 0 aliphatic carbocycles. The molecule has 1 saturated heterocycles. The molecule has 0 unspecified atom stereocenters. The number of amidine groups is 1. The van der Waals surface area contributed by atoms with E-state index in [2.05, 4.69) is 5.32 Å². The lowest BCUT2D eigenvalue weighted by Crippen LogP contribution is -2.49. The number of fused-ring (bicyclic) bond motifs is 1. The van der Waals surface area contributed by atoms with Crippen molar-refractivity contribution in [2.45, 2.75) is 26.3 Å². The van der Waals surface area contributed by atoms with Gasteiger partial charge in [-0.05, 0) is 37.1 Å². The summed E-state index contributed by atoms with van der Waals surface area (Å²) in [5, 5.41) is 3.70. The number of para-hydroxylation sites is 2. The fourth-order valence-corrected chi connectivity index (χ4v) is 4.54. The van der Waals surface area contributed by atoms with Crippen LogP contribution in [0.15, 0.2) is 59.6 Å². The van der Waals surface area contributed by atoms with E-state index < -0.39 is 5.54 Å². The molecule has 2 amide bonds. The van der Waals surface area contributed by atoms with E-state index >= 15 is 0 Å². The first-order valence-corrected chi connectivity index (χ1v) is 11.9. The number of carbonyl (C=O) groups is 2. The predicted octanol–water partition coefficient (Wildman–Crippen LogP) is 3.63. The van der Waals surface area contributed by atoms with Crippen LogP contribution in [0.3, 0.4) is 0 Å². The first kappa shape index (κ1) is 23.0. The molecule has 2 aliphatic heterocycles. The van der Waals surface area contributed by atoms with Gasteiger partial charge in [-0.2, -0.15) is 0 Å². The number of carbonyl (C=O) groups excluding carboxylic acids is 2. The highest BCUT2D eigenvalue weighted by atomic mass is 19.1. The lowest BCUT2D eigenvalue weighted by molar-refractivity contribution is -0.124. The van der Waals surface area contributed by atoms with Crippen LogP contribution in [-0.4, -0.2) is 59.3 Å². The van der Waals surface area contributed by atoms with Crippen molar-refractivity contribution in [2.24, 2.45) is 10.9 Å². The first-order valence-electron chi connectivity index (χ1n) is 11.9. The van der Waals surface area contributed by atoms with Gasteiger partial charge in [0, 0.05) is 31.6 Å². The van der Waals surface area contributed by atoms with Gasteiger partial charge in [-0.15, -0.1) is 0 Å². The van der Waals surface area contributed by atoms with Crippen molar-refractivity contribution in [1.29, 1.82) is 0 Å². The van der Waals surface area contributed by atoms with Gasteiger partial charge in [0.15, 0.2) is 5.84 Å². The van der Waals surface area contributed by atoms with Crippen molar-refractivity contribution in [3.05, 3.63) is 71.7 Å². The van der Waals surface area contributed by atoms with Gasteiger partial charge in [0.2, 0.25) is 0 Å². The van der Waals surface area contributed by atoms with Gasteiger partial charge in [-0.1, -0.05) is 44.2 Å². The minimum atomic E-state index is -0.922. The van der Waals surface area contributed by atoms with E-state index in [0.29, 0.717) is 49.0 Å². The van der Waals surface area contributed by atoms with Crippen LogP contribution in [0.25, 0.3) is 10.9 Å². The van der Waals surface area contributed by atoms with E-state index in [9.17, 15) is 14.0 Å². The Kier molecular flexibility index (Phi) is 5.75. The smallest absolute Gasteiger partial charge is 0.256 e. The van der Waals surface area contributed by atoms with Crippen LogP contribution in [0.4, 0.5) is 10.1 Å². The zero-order valence-corrected chi connectivity index (χ0v) is 20.1. The summed E-state index contributed by atoms with van der Waals surface area (Å²) < 4.78 is 14.2. The number of anilines is 1. The summed E-state index contributed by atoms with van der Waals surface area (Å²) in [6.45, 7) is 7.62. The molecule has 8 heteroatoms. The molecule has 0 bridgehead atoms. The lowest BCUT2D eigenvalue weighted by Gasteiger charge is -2.36. The minimum absolute atomic E-state index is 0.0222. The van der Waals surface area contributed by atoms with E-state index in [1.165, 1.54) is 6.07 Å². The Morgan fingerprint density at radius 1 is 1.06 bits per heavy atom. The van der Waals surface area contributed by atoms with Crippen LogP contribution >= 0.6 is 0 Å². The number of piperazine rings is 1. The summed E-state index contributed by atoms with van der Waals surface area (Å²) >= 11 is 0. The largest absolute Gasteiger partial charge is 0.366 e. The van der Waals surface area contributed by atoms with Gasteiger partial charge < -0.3 is 15.1 Å². The lowest BCUT2D eigenvalue weighted by atomic mass is 9.89. The maximum absolute atomic E-state index is 14.2. The average Bonchev–Trinajstić information content (AvgIpc) is 3.18. The van der Waals surface area contributed by atoms with Crippen LogP contribution in [0.2, 0.25) is 0 Å². The number of pyridine rings is 1. The monoisotopic (exact) mass is 473 g/mol. The standard InChI is InChI=1S/C27H28FN5O2/c1-17(2)27(3)26(35)30-24(31-27)23-19(16-18-8-4-6-10-21(18)29-23)25(34)33-14-12-32(13-15-33)22-11-7-5-9-20(22)28/h4-11,16-17H,12-15H2,1-3H3,(H,30,31,35)/t27-/m0/s1. The summed E-state index contributed by atoms with van der Waals surface area (Å²) in [6, 6.07) is 16.1. The third-order valence-corrected chi connectivity index (χ3v) is 7.10. The molecule has 35 heavy (non-hydrogen) atoms. The van der Waals surface area contributed by atoms with Gasteiger partial charge in [0.05, 0.1) is 16.8 Å². The zero-order valence-electron chi connectivity index (χ0n) is 20.1. The van der Waals surface area contributed by atoms with E-state index in [0.717, 1.165) is 10.9 Å². The van der Waals surface area contributed by atoms with Crippen LogP contribution in [-0.2, 0) is 4.79 Å². The van der Waals surface area contributed by atoms with Crippen LogP contribution in [0, 0.1) is 11.7 Å². The number of hydrogen-bond acceptors (Lipinski definition) is 5. The maximum Gasteiger partial charge on any atom is 0.256 e. The second-order valence-corrected chi connectivity index (χ2v) is 9.52. The van der Waals surface area contributed by atoms with Gasteiger partial charge in [0.1, 0.15) is 17.1 Å². The SMILES string of the molecule is CC(C)[C@]1(C)N=C(c2nc3ccccc3cc2C(=O)N2CCN(c3ccccc3F)CC2)NC1=O. The number of aromatic nitrogens is 1. The minimum Gasteiger partial charge on any atom is -0.366 e. The molecule has 5 rings (SSSR count). The summed E-state index contributed by atoms with van der Waals surface area (Å²) in [5.41, 5.74) is 1.12. The van der Waals surface area contributed by atoms with E-state index in [1.807, 2.05) is 55.1 Å². The summed E-state index contributed by atoms with van der Waals surface area (Å²) in [6.07, 6.45) is 0. The number of aliphatic imine (C=N–C) groups is 1. The molecule has 180 valence electrons. The Morgan fingerprint density at radius 2 is 1.74 bits per heavy atom. The molecular weight excluding hydrogens is 445 g/mol. The molecule has 0 saturated carbocycles. The normalized spacial score (nSPS) is 20.4. The third-order valence-electron chi connectivity index (χ3n) is 7.10. The molecular formula is C27H28FN5O2. The molecule has 1 atom stereocenters. The molecule has 3 heterocycles. The molecule has 1 N–H and O–H groups in total. The van der Waals surface area contributed by atoms with Gasteiger partial charge in [0.25, 0.3) is 11.8 Å². The summed E-state index contributed by atoms with van der Waals surface area (Å²) in [7, 11) is 0. The molecule has 1 aromatic heterocycles. The number of amides is 2. The average molecular weight is 474 g/mol. The second-order valence-electron chi connectivity index (χ2n) is 9.52. The fourth-order valence-electron chi connectivity index (χ4n) is 4.54. The van der Waals surface area contributed by atoms with Crippen molar-refractivity contribution in [3.63, 3.8) is 0 Å². The highest BCUT2D eigenvalue weighted by Gasteiger charge is 2.43. The van der Waals surface area contributed by atoms with Crippen LogP contribution < -0.4 is 10.2 Å². The zero-order chi connectivity index (χ0) is 24.7. The van der Waals surface area contributed by atoms with E-state index in [4.69, 9.17) is 9.98 Å². The van der Waals surface area contributed by atoms with Gasteiger partial charge >= 0.3 is 0 Å². The van der Waals surface area contributed by atoms with Gasteiger partial charge in [-0.25, -0.2) is 14.4 Å². The molecule has 3 aromatic rings. The predicted molar refractivity (Wildman–Crippen MR) is 134 cm³/mol. The fraction of sp³-hybridized carbons (Fsp3) is 0.333. The third kappa shape index (κ3) is 4.03. The number of benzene rings is 2. The Labute approximate surface area is 203 Å². The summed E-state index contributed by atoms with van der Waals surface area (Å²) in [4.78, 5) is 39.7. The molecule has 0 spiro atoms. The molecule has 1 fully saturated rings. The molecule has 2 aromatic carbocycles. The Bertz CT molecular complexity index is 1350. The Hall–Kier alpha value is -3.81. The van der Waals surface area contributed by atoms with Crippen molar-refractivity contribution in [3.8, 4) is 0 Å². The second kappa shape index (κ2) is 8.76. The molecule has 2 aliphatic rings. The number of hydrogen-bond donors (Lipinski definition) is 1.